The molecule has 96 valence electrons. The minimum atomic E-state index is -0.0959. The molecule has 0 aliphatic rings. The topological polar surface area (TPSA) is 46.4 Å². The van der Waals surface area contributed by atoms with Gasteiger partial charge in [0.05, 0.1) is 16.3 Å². The smallest absolute Gasteiger partial charge is 0.265 e. The summed E-state index contributed by atoms with van der Waals surface area (Å²) < 4.78 is 1.99. The molecule has 0 aliphatic heterocycles. The van der Waals surface area contributed by atoms with E-state index in [0.29, 0.717) is 4.88 Å². The average molecular weight is 271 g/mol. The number of nitrogens with one attached hydrogen (secondary N) is 1. The molecule has 0 saturated heterocycles. The van der Waals surface area contributed by atoms with Gasteiger partial charge in [-0.25, -0.2) is 4.98 Å². The third kappa shape index (κ3) is 2.02. The molecule has 0 atom stereocenters. The molecule has 0 saturated carbocycles. The third-order valence-corrected chi connectivity index (χ3v) is 3.99. The van der Waals surface area contributed by atoms with Crippen molar-refractivity contribution in [2.45, 2.75) is 13.8 Å². The molecule has 0 bridgehead atoms. The third-order valence-electron chi connectivity index (χ3n) is 3.12. The number of carbonyl (C=O) groups excluding carboxylic acids is 1. The fourth-order valence-corrected chi connectivity index (χ4v) is 2.61. The minimum absolute atomic E-state index is 0.0959. The summed E-state index contributed by atoms with van der Waals surface area (Å²) in [5, 5.41) is 4.80. The Morgan fingerprint density at radius 1 is 1.32 bits per heavy atom. The normalized spacial score (nSPS) is 10.8. The number of hydrogen-bond acceptors (Lipinski definition) is 3. The Bertz CT molecular complexity index is 743. The number of thiophene rings is 1. The van der Waals surface area contributed by atoms with Crippen LogP contribution in [0.1, 0.15) is 21.1 Å². The van der Waals surface area contributed by atoms with Gasteiger partial charge >= 0.3 is 0 Å². The SMILES string of the molecule is Cc1nc2c(NC(=O)c3cccs3)cccn2c1C. The number of aromatic nitrogens is 2. The molecule has 3 rings (SSSR count). The maximum Gasteiger partial charge on any atom is 0.265 e. The number of aryl methyl sites for hydroxylation is 2. The van der Waals surface area contributed by atoms with Gasteiger partial charge < -0.3 is 9.72 Å². The molecule has 19 heavy (non-hydrogen) atoms. The molecule has 4 nitrogen and oxygen atoms in total. The number of nitrogens with zero attached hydrogens (tertiary/aromatic N) is 2. The molecule has 0 fully saturated rings. The summed E-state index contributed by atoms with van der Waals surface area (Å²) >= 11 is 1.42. The van der Waals surface area contributed by atoms with Crippen molar-refractivity contribution >= 4 is 28.6 Å². The summed E-state index contributed by atoms with van der Waals surface area (Å²) in [6, 6.07) is 7.45. The van der Waals surface area contributed by atoms with Crippen molar-refractivity contribution < 1.29 is 4.79 Å². The first-order valence-corrected chi connectivity index (χ1v) is 6.84. The molecule has 1 N–H and O–H groups in total. The van der Waals surface area contributed by atoms with Gasteiger partial charge in [-0.15, -0.1) is 11.3 Å². The van der Waals surface area contributed by atoms with Crippen molar-refractivity contribution in [3.8, 4) is 0 Å². The quantitative estimate of drug-likeness (QED) is 0.777. The molecule has 0 radical (unpaired) electrons. The van der Waals surface area contributed by atoms with Crippen molar-refractivity contribution in [2.24, 2.45) is 0 Å². The number of pyridine rings is 1. The molecule has 5 heteroatoms. The summed E-state index contributed by atoms with van der Waals surface area (Å²) in [5.41, 5.74) is 3.57. The predicted molar refractivity (Wildman–Crippen MR) is 76.9 cm³/mol. The van der Waals surface area contributed by atoms with Crippen LogP contribution in [0.25, 0.3) is 5.65 Å². The molecule has 3 aromatic heterocycles. The van der Waals surface area contributed by atoms with Crippen LogP contribution in [-0.2, 0) is 0 Å². The molecule has 0 aliphatic carbocycles. The van der Waals surface area contributed by atoms with Crippen LogP contribution in [0.3, 0.4) is 0 Å². The number of hydrogen-bond donors (Lipinski definition) is 1. The number of fused-ring (bicyclic) bond motifs is 1. The Hall–Kier alpha value is -2.14. The number of imidazole rings is 1. The second kappa shape index (κ2) is 4.51. The van der Waals surface area contributed by atoms with Crippen LogP contribution >= 0.6 is 11.3 Å². The first-order chi connectivity index (χ1) is 9.16. The maximum absolute atomic E-state index is 12.1. The van der Waals surface area contributed by atoms with E-state index in [9.17, 15) is 4.79 Å². The Morgan fingerprint density at radius 2 is 2.16 bits per heavy atom. The van der Waals surface area contributed by atoms with Gasteiger partial charge in [0.25, 0.3) is 5.91 Å². The van der Waals surface area contributed by atoms with Crippen LogP contribution in [0.4, 0.5) is 5.69 Å². The van der Waals surface area contributed by atoms with Crippen LogP contribution in [0.15, 0.2) is 35.8 Å². The molecule has 0 unspecified atom stereocenters. The van der Waals surface area contributed by atoms with E-state index in [1.54, 1.807) is 0 Å². The van der Waals surface area contributed by atoms with Gasteiger partial charge in [0.2, 0.25) is 0 Å². The number of amides is 1. The van der Waals surface area contributed by atoms with Crippen LogP contribution < -0.4 is 5.32 Å². The first-order valence-electron chi connectivity index (χ1n) is 5.96. The van der Waals surface area contributed by atoms with Crippen molar-refractivity contribution in [3.05, 3.63) is 52.1 Å². The highest BCUT2D eigenvalue weighted by atomic mass is 32.1. The van der Waals surface area contributed by atoms with Crippen molar-refractivity contribution in [3.63, 3.8) is 0 Å². The highest BCUT2D eigenvalue weighted by Crippen LogP contribution is 2.20. The predicted octanol–water partition coefficient (Wildman–Crippen LogP) is 3.26. The Kier molecular flexibility index (Phi) is 2.83. The Labute approximate surface area is 114 Å². The monoisotopic (exact) mass is 271 g/mol. The van der Waals surface area contributed by atoms with Gasteiger partial charge in [0.15, 0.2) is 5.65 Å². The van der Waals surface area contributed by atoms with E-state index in [-0.39, 0.29) is 5.91 Å². The minimum Gasteiger partial charge on any atom is -0.318 e. The molecule has 3 heterocycles. The van der Waals surface area contributed by atoms with E-state index in [1.165, 1.54) is 11.3 Å². The van der Waals surface area contributed by atoms with Crippen LogP contribution in [0.2, 0.25) is 0 Å². The summed E-state index contributed by atoms with van der Waals surface area (Å²) in [6.45, 7) is 3.98. The second-order valence-electron chi connectivity index (χ2n) is 4.33. The van der Waals surface area contributed by atoms with Gasteiger partial charge in [-0.1, -0.05) is 6.07 Å². The van der Waals surface area contributed by atoms with E-state index in [0.717, 1.165) is 22.7 Å². The van der Waals surface area contributed by atoms with E-state index < -0.39 is 0 Å². The van der Waals surface area contributed by atoms with Gasteiger partial charge in [-0.05, 0) is 37.4 Å². The van der Waals surface area contributed by atoms with Crippen LogP contribution in [0, 0.1) is 13.8 Å². The standard InChI is InChI=1S/C14H13N3OS/c1-9-10(2)17-7-3-5-11(13(17)15-9)16-14(18)12-6-4-8-19-12/h3-8H,1-2H3,(H,16,18). The average Bonchev–Trinajstić information content (AvgIpc) is 3.01. The zero-order valence-electron chi connectivity index (χ0n) is 10.7. The van der Waals surface area contributed by atoms with Crippen molar-refractivity contribution in [2.75, 3.05) is 5.32 Å². The Morgan fingerprint density at radius 3 is 2.89 bits per heavy atom. The highest BCUT2D eigenvalue weighted by molar-refractivity contribution is 7.12. The fraction of sp³-hybridized carbons (Fsp3) is 0.143. The lowest BCUT2D eigenvalue weighted by molar-refractivity contribution is 0.103. The first kappa shape index (κ1) is 11.9. The molecule has 0 aromatic carbocycles. The summed E-state index contributed by atoms with van der Waals surface area (Å²) in [5.74, 6) is -0.0959. The van der Waals surface area contributed by atoms with E-state index in [4.69, 9.17) is 0 Å². The second-order valence-corrected chi connectivity index (χ2v) is 5.28. The lowest BCUT2D eigenvalue weighted by Crippen LogP contribution is -2.11. The fourth-order valence-electron chi connectivity index (χ4n) is 1.99. The molecule has 1 amide bonds. The van der Waals surface area contributed by atoms with E-state index in [2.05, 4.69) is 10.3 Å². The summed E-state index contributed by atoms with van der Waals surface area (Å²) in [7, 11) is 0. The Balaban J connectivity index is 2.02. The molecule has 0 spiro atoms. The largest absolute Gasteiger partial charge is 0.318 e. The van der Waals surface area contributed by atoms with Crippen molar-refractivity contribution in [1.82, 2.24) is 9.38 Å². The van der Waals surface area contributed by atoms with Gasteiger partial charge in [-0.3, -0.25) is 4.79 Å². The van der Waals surface area contributed by atoms with Gasteiger partial charge in [0.1, 0.15) is 0 Å². The van der Waals surface area contributed by atoms with Gasteiger partial charge in [-0.2, -0.15) is 0 Å². The number of rotatable bonds is 2. The summed E-state index contributed by atoms with van der Waals surface area (Å²) in [4.78, 5) is 17.3. The maximum atomic E-state index is 12.1. The molecular formula is C14H13N3OS. The number of anilines is 1. The van der Waals surface area contributed by atoms with E-state index in [1.807, 2.05) is 54.1 Å². The highest BCUT2D eigenvalue weighted by Gasteiger charge is 2.12. The lowest BCUT2D eigenvalue weighted by atomic mass is 10.3. The molecule has 3 aromatic rings. The zero-order chi connectivity index (χ0) is 13.4. The van der Waals surface area contributed by atoms with Crippen LogP contribution in [-0.4, -0.2) is 15.3 Å². The lowest BCUT2D eigenvalue weighted by Gasteiger charge is -2.05. The van der Waals surface area contributed by atoms with E-state index >= 15 is 0 Å². The van der Waals surface area contributed by atoms with Crippen LogP contribution in [0.5, 0.6) is 0 Å². The molecular weight excluding hydrogens is 258 g/mol. The number of carbonyl (C=O) groups is 1. The zero-order valence-corrected chi connectivity index (χ0v) is 11.5. The van der Waals surface area contributed by atoms with Crippen molar-refractivity contribution in [1.29, 1.82) is 0 Å². The summed E-state index contributed by atoms with van der Waals surface area (Å²) in [6.07, 6.45) is 1.95. The van der Waals surface area contributed by atoms with Gasteiger partial charge in [0, 0.05) is 11.9 Å².